The Bertz CT molecular complexity index is 460. The highest BCUT2D eigenvalue weighted by Crippen LogP contribution is 2.20. The zero-order chi connectivity index (χ0) is 10.7. The van der Waals surface area contributed by atoms with E-state index >= 15 is 0 Å². The van der Waals surface area contributed by atoms with Crippen molar-refractivity contribution in [3.05, 3.63) is 42.1 Å². The lowest BCUT2D eigenvalue weighted by molar-refractivity contribution is 0.0988. The maximum absolute atomic E-state index is 11.5. The first-order chi connectivity index (χ1) is 7.31. The van der Waals surface area contributed by atoms with E-state index in [0.717, 1.165) is 5.56 Å². The standard InChI is InChI=1S/C12H11NO2/c1-2-11(14)9-4-3-5-10(8-9)12-6-7-13-15-12/h3-8H,2H2,1H3. The molecular weight excluding hydrogens is 190 g/mol. The number of hydrogen-bond acceptors (Lipinski definition) is 3. The molecule has 3 nitrogen and oxygen atoms in total. The summed E-state index contributed by atoms with van der Waals surface area (Å²) in [5.41, 5.74) is 1.60. The Morgan fingerprint density at radius 3 is 2.93 bits per heavy atom. The van der Waals surface area contributed by atoms with Gasteiger partial charge in [-0.25, -0.2) is 0 Å². The molecule has 0 amide bonds. The zero-order valence-electron chi connectivity index (χ0n) is 8.43. The molecule has 2 aromatic rings. The van der Waals surface area contributed by atoms with Crippen molar-refractivity contribution in [3.63, 3.8) is 0 Å². The molecule has 1 aromatic carbocycles. The number of nitrogens with zero attached hydrogens (tertiary/aromatic N) is 1. The van der Waals surface area contributed by atoms with Crippen LogP contribution in [0, 0.1) is 0 Å². The molecule has 0 aliphatic rings. The van der Waals surface area contributed by atoms with Gasteiger partial charge in [-0.3, -0.25) is 4.79 Å². The van der Waals surface area contributed by atoms with Crippen LogP contribution in [-0.4, -0.2) is 10.9 Å². The van der Waals surface area contributed by atoms with Crippen LogP contribution in [0.5, 0.6) is 0 Å². The highest BCUT2D eigenvalue weighted by atomic mass is 16.5. The molecule has 76 valence electrons. The highest BCUT2D eigenvalue weighted by Gasteiger charge is 2.06. The summed E-state index contributed by atoms with van der Waals surface area (Å²) in [5.74, 6) is 0.817. The van der Waals surface area contributed by atoms with E-state index < -0.39 is 0 Å². The van der Waals surface area contributed by atoms with E-state index in [-0.39, 0.29) is 5.78 Å². The van der Waals surface area contributed by atoms with Gasteiger partial charge in [-0.2, -0.15) is 0 Å². The molecule has 0 aliphatic carbocycles. The Hall–Kier alpha value is -1.90. The van der Waals surface area contributed by atoms with E-state index in [9.17, 15) is 4.79 Å². The van der Waals surface area contributed by atoms with Gasteiger partial charge in [0, 0.05) is 23.6 Å². The number of carbonyl (C=O) groups excluding carboxylic acids is 1. The minimum atomic E-state index is 0.136. The number of benzene rings is 1. The molecule has 0 unspecified atom stereocenters. The van der Waals surface area contributed by atoms with E-state index in [0.29, 0.717) is 17.7 Å². The lowest BCUT2D eigenvalue weighted by Crippen LogP contribution is -1.95. The molecule has 2 rings (SSSR count). The minimum Gasteiger partial charge on any atom is -0.356 e. The van der Waals surface area contributed by atoms with Gasteiger partial charge in [-0.05, 0) is 6.07 Å². The average Bonchev–Trinajstić information content (AvgIpc) is 2.82. The fourth-order valence-corrected chi connectivity index (χ4v) is 1.41. The first kappa shape index (κ1) is 9.65. The van der Waals surface area contributed by atoms with Gasteiger partial charge >= 0.3 is 0 Å². The molecule has 1 aromatic heterocycles. The summed E-state index contributed by atoms with van der Waals surface area (Å²) < 4.78 is 5.03. The number of Topliss-reactive ketones (excluding diaryl/α,β-unsaturated/α-hetero) is 1. The molecular formula is C12H11NO2. The largest absolute Gasteiger partial charge is 0.356 e. The topological polar surface area (TPSA) is 43.1 Å². The quantitative estimate of drug-likeness (QED) is 0.717. The Labute approximate surface area is 87.7 Å². The van der Waals surface area contributed by atoms with Crippen LogP contribution in [-0.2, 0) is 0 Å². The molecule has 3 heteroatoms. The molecule has 15 heavy (non-hydrogen) atoms. The minimum absolute atomic E-state index is 0.136. The molecule has 0 atom stereocenters. The number of carbonyl (C=O) groups is 1. The first-order valence-electron chi connectivity index (χ1n) is 4.85. The molecule has 0 saturated heterocycles. The summed E-state index contributed by atoms with van der Waals surface area (Å²) in [5, 5.41) is 3.63. The van der Waals surface area contributed by atoms with Crippen LogP contribution in [0.25, 0.3) is 11.3 Å². The third-order valence-electron chi connectivity index (χ3n) is 2.23. The van der Waals surface area contributed by atoms with Gasteiger partial charge in [0.05, 0.1) is 6.20 Å². The van der Waals surface area contributed by atoms with Crippen molar-refractivity contribution in [2.45, 2.75) is 13.3 Å². The number of rotatable bonds is 3. The Morgan fingerprint density at radius 1 is 1.40 bits per heavy atom. The SMILES string of the molecule is CCC(=O)c1cccc(-c2ccno2)c1. The molecule has 0 spiro atoms. The number of ketones is 1. The van der Waals surface area contributed by atoms with Crippen molar-refractivity contribution in [2.75, 3.05) is 0 Å². The van der Waals surface area contributed by atoms with E-state index in [1.54, 1.807) is 12.3 Å². The van der Waals surface area contributed by atoms with Gasteiger partial charge in [-0.15, -0.1) is 0 Å². The smallest absolute Gasteiger partial charge is 0.166 e. The lowest BCUT2D eigenvalue weighted by atomic mass is 10.0. The van der Waals surface area contributed by atoms with E-state index in [2.05, 4.69) is 5.16 Å². The molecule has 1 heterocycles. The molecule has 0 aliphatic heterocycles. The second-order valence-corrected chi connectivity index (χ2v) is 3.23. The van der Waals surface area contributed by atoms with E-state index in [1.165, 1.54) is 0 Å². The summed E-state index contributed by atoms with van der Waals surface area (Å²) in [4.78, 5) is 11.5. The van der Waals surface area contributed by atoms with Crippen molar-refractivity contribution in [1.82, 2.24) is 5.16 Å². The normalized spacial score (nSPS) is 10.2. The van der Waals surface area contributed by atoms with Crippen molar-refractivity contribution in [2.24, 2.45) is 0 Å². The Kier molecular flexibility index (Phi) is 2.63. The second kappa shape index (κ2) is 4.09. The number of aromatic nitrogens is 1. The van der Waals surface area contributed by atoms with Gasteiger partial charge in [0.2, 0.25) is 0 Å². The van der Waals surface area contributed by atoms with Crippen LogP contribution in [0.1, 0.15) is 23.7 Å². The predicted molar refractivity (Wildman–Crippen MR) is 56.6 cm³/mol. The molecule has 0 bridgehead atoms. The highest BCUT2D eigenvalue weighted by molar-refractivity contribution is 5.96. The van der Waals surface area contributed by atoms with Crippen LogP contribution in [0.4, 0.5) is 0 Å². The van der Waals surface area contributed by atoms with Gasteiger partial charge in [0.25, 0.3) is 0 Å². The van der Waals surface area contributed by atoms with Crippen LogP contribution in [0.2, 0.25) is 0 Å². The third kappa shape index (κ3) is 1.96. The van der Waals surface area contributed by atoms with E-state index in [4.69, 9.17) is 4.52 Å². The maximum atomic E-state index is 11.5. The Balaban J connectivity index is 2.39. The summed E-state index contributed by atoms with van der Waals surface area (Å²) in [6, 6.07) is 9.15. The predicted octanol–water partition coefficient (Wildman–Crippen LogP) is 2.93. The number of hydrogen-bond donors (Lipinski definition) is 0. The lowest BCUT2D eigenvalue weighted by Gasteiger charge is -2.00. The van der Waals surface area contributed by atoms with Gasteiger partial charge < -0.3 is 4.52 Å². The summed E-state index contributed by atoms with van der Waals surface area (Å²) in [6.07, 6.45) is 2.10. The summed E-state index contributed by atoms with van der Waals surface area (Å²) >= 11 is 0. The molecule has 0 N–H and O–H groups in total. The van der Waals surface area contributed by atoms with E-state index in [1.807, 2.05) is 31.2 Å². The average molecular weight is 201 g/mol. The summed E-state index contributed by atoms with van der Waals surface area (Å²) in [6.45, 7) is 1.85. The van der Waals surface area contributed by atoms with Crippen molar-refractivity contribution >= 4 is 5.78 Å². The monoisotopic (exact) mass is 201 g/mol. The first-order valence-corrected chi connectivity index (χ1v) is 4.85. The molecule has 0 fully saturated rings. The van der Waals surface area contributed by atoms with Gasteiger partial charge in [-0.1, -0.05) is 30.3 Å². The van der Waals surface area contributed by atoms with Crippen molar-refractivity contribution in [3.8, 4) is 11.3 Å². The van der Waals surface area contributed by atoms with Gasteiger partial charge in [0.15, 0.2) is 11.5 Å². The van der Waals surface area contributed by atoms with Crippen LogP contribution in [0.15, 0.2) is 41.1 Å². The fourth-order valence-electron chi connectivity index (χ4n) is 1.41. The van der Waals surface area contributed by atoms with Crippen LogP contribution >= 0.6 is 0 Å². The van der Waals surface area contributed by atoms with Crippen molar-refractivity contribution < 1.29 is 9.32 Å². The molecule has 0 radical (unpaired) electrons. The third-order valence-corrected chi connectivity index (χ3v) is 2.23. The van der Waals surface area contributed by atoms with Crippen LogP contribution < -0.4 is 0 Å². The van der Waals surface area contributed by atoms with Crippen molar-refractivity contribution in [1.29, 1.82) is 0 Å². The van der Waals surface area contributed by atoms with Crippen LogP contribution in [0.3, 0.4) is 0 Å². The maximum Gasteiger partial charge on any atom is 0.166 e. The summed E-state index contributed by atoms with van der Waals surface area (Å²) in [7, 11) is 0. The zero-order valence-corrected chi connectivity index (χ0v) is 8.43. The fraction of sp³-hybridized carbons (Fsp3) is 0.167. The second-order valence-electron chi connectivity index (χ2n) is 3.23. The Morgan fingerprint density at radius 2 is 2.27 bits per heavy atom. The van der Waals surface area contributed by atoms with Gasteiger partial charge in [0.1, 0.15) is 0 Å². The molecule has 0 saturated carbocycles.